The van der Waals surface area contributed by atoms with E-state index in [4.69, 9.17) is 0 Å². The van der Waals surface area contributed by atoms with E-state index in [1.165, 1.54) is 6.20 Å². The van der Waals surface area contributed by atoms with Crippen molar-refractivity contribution in [3.05, 3.63) is 28.2 Å². The number of hydrogen-bond donors (Lipinski definition) is 0. The molecule has 2 rings (SSSR count). The number of hydrogen-bond acceptors (Lipinski definition) is 1. The van der Waals surface area contributed by atoms with Gasteiger partial charge in [-0.15, -0.1) is 0 Å². The van der Waals surface area contributed by atoms with Crippen LogP contribution in [0.4, 0.5) is 4.39 Å². The quantitative estimate of drug-likeness (QED) is 0.657. The second-order valence-electron chi connectivity index (χ2n) is 2.81. The van der Waals surface area contributed by atoms with Crippen LogP contribution in [0.1, 0.15) is 24.3 Å². The third-order valence-corrected chi connectivity index (χ3v) is 2.28. The molecule has 1 heterocycles. The molecule has 0 atom stereocenters. The Labute approximate surface area is 72.8 Å². The molecule has 0 amide bonds. The van der Waals surface area contributed by atoms with Gasteiger partial charge in [-0.05, 0) is 40.8 Å². The Kier molecular flexibility index (Phi) is 1.68. The highest BCUT2D eigenvalue weighted by Crippen LogP contribution is 2.41. The summed E-state index contributed by atoms with van der Waals surface area (Å²) in [4.78, 5) is 3.63. The van der Waals surface area contributed by atoms with Gasteiger partial charge in [0.15, 0.2) is 0 Å². The Morgan fingerprint density at radius 2 is 2.27 bits per heavy atom. The fraction of sp³-hybridized carbons (Fsp3) is 0.375. The minimum absolute atomic E-state index is 0.310. The van der Waals surface area contributed by atoms with Crippen LogP contribution in [0, 0.1) is 5.95 Å². The fourth-order valence-electron chi connectivity index (χ4n) is 1.12. The topological polar surface area (TPSA) is 12.9 Å². The zero-order valence-corrected chi connectivity index (χ0v) is 7.44. The van der Waals surface area contributed by atoms with Crippen LogP contribution in [-0.2, 0) is 0 Å². The maximum Gasteiger partial charge on any atom is 0.216 e. The van der Waals surface area contributed by atoms with E-state index in [-0.39, 0.29) is 5.95 Å². The summed E-state index contributed by atoms with van der Waals surface area (Å²) in [7, 11) is 0. The summed E-state index contributed by atoms with van der Waals surface area (Å²) in [5.74, 6) is 0.121. The summed E-state index contributed by atoms with van der Waals surface area (Å²) < 4.78 is 13.8. The molecule has 1 fully saturated rings. The summed E-state index contributed by atoms with van der Waals surface area (Å²) in [5, 5.41) is 0. The molecule has 0 aromatic carbocycles. The van der Waals surface area contributed by atoms with E-state index in [0.717, 1.165) is 22.9 Å². The predicted molar refractivity (Wildman–Crippen MR) is 43.9 cm³/mol. The summed E-state index contributed by atoms with van der Waals surface area (Å²) in [6.45, 7) is 0. The molecule has 1 aliphatic carbocycles. The van der Waals surface area contributed by atoms with Crippen molar-refractivity contribution in [2.45, 2.75) is 18.8 Å². The predicted octanol–water partition coefficient (Wildman–Crippen LogP) is 2.86. The molecular formula is C8H7BrFN. The van der Waals surface area contributed by atoms with Crippen molar-refractivity contribution in [3.8, 4) is 0 Å². The summed E-state index contributed by atoms with van der Waals surface area (Å²) in [5.41, 5.74) is 0.763. The largest absolute Gasteiger partial charge is 0.227 e. The molecule has 0 radical (unpaired) electrons. The average molecular weight is 216 g/mol. The van der Waals surface area contributed by atoms with Crippen LogP contribution in [0.25, 0.3) is 0 Å². The second-order valence-corrected chi connectivity index (χ2v) is 3.72. The molecule has 0 bridgehead atoms. The molecule has 1 aliphatic rings. The number of rotatable bonds is 1. The van der Waals surface area contributed by atoms with Gasteiger partial charge in [0.05, 0.1) is 0 Å². The molecule has 1 nitrogen and oxygen atoms in total. The lowest BCUT2D eigenvalue weighted by Gasteiger charge is -1.98. The van der Waals surface area contributed by atoms with Crippen molar-refractivity contribution in [2.24, 2.45) is 0 Å². The highest BCUT2D eigenvalue weighted by molar-refractivity contribution is 9.10. The standard InChI is InChI=1S/C8H7BrFN/c9-6-3-7(5-1-2-5)8(10)11-4-6/h3-5H,1-2H2. The lowest BCUT2D eigenvalue weighted by molar-refractivity contribution is 0.566. The Hall–Kier alpha value is -0.440. The lowest BCUT2D eigenvalue weighted by atomic mass is 10.2. The van der Waals surface area contributed by atoms with Gasteiger partial charge < -0.3 is 0 Å². The van der Waals surface area contributed by atoms with Crippen LogP contribution >= 0.6 is 15.9 Å². The van der Waals surface area contributed by atoms with E-state index in [1.807, 2.05) is 6.07 Å². The van der Waals surface area contributed by atoms with Gasteiger partial charge in [-0.25, -0.2) is 4.98 Å². The van der Waals surface area contributed by atoms with Crippen LogP contribution in [0.3, 0.4) is 0 Å². The average Bonchev–Trinajstić information content (AvgIpc) is 2.76. The molecule has 58 valence electrons. The van der Waals surface area contributed by atoms with Gasteiger partial charge in [0.25, 0.3) is 0 Å². The van der Waals surface area contributed by atoms with Crippen molar-refractivity contribution >= 4 is 15.9 Å². The van der Waals surface area contributed by atoms with Crippen LogP contribution in [-0.4, -0.2) is 4.98 Å². The maximum absolute atomic E-state index is 12.9. The summed E-state index contributed by atoms with van der Waals surface area (Å²) in [6.07, 6.45) is 3.70. The maximum atomic E-state index is 12.9. The van der Waals surface area contributed by atoms with Crippen LogP contribution in [0.5, 0.6) is 0 Å². The third kappa shape index (κ3) is 1.43. The van der Waals surface area contributed by atoms with E-state index in [1.54, 1.807) is 0 Å². The van der Waals surface area contributed by atoms with Gasteiger partial charge in [0.2, 0.25) is 5.95 Å². The molecule has 1 aromatic heterocycles. The summed E-state index contributed by atoms with van der Waals surface area (Å²) >= 11 is 3.26. The molecule has 0 saturated heterocycles. The zero-order chi connectivity index (χ0) is 7.84. The molecule has 1 aromatic rings. The Morgan fingerprint density at radius 3 is 2.91 bits per heavy atom. The highest BCUT2D eigenvalue weighted by atomic mass is 79.9. The molecule has 0 spiro atoms. The fourth-order valence-corrected chi connectivity index (χ4v) is 1.47. The van der Waals surface area contributed by atoms with Crippen molar-refractivity contribution in [2.75, 3.05) is 0 Å². The number of pyridine rings is 1. The van der Waals surface area contributed by atoms with E-state index in [2.05, 4.69) is 20.9 Å². The van der Waals surface area contributed by atoms with Crippen LogP contribution < -0.4 is 0 Å². The first-order valence-corrected chi connectivity index (χ1v) is 4.37. The Morgan fingerprint density at radius 1 is 1.55 bits per heavy atom. The molecule has 0 aliphatic heterocycles. The van der Waals surface area contributed by atoms with E-state index in [9.17, 15) is 4.39 Å². The van der Waals surface area contributed by atoms with Crippen molar-refractivity contribution in [1.82, 2.24) is 4.98 Å². The van der Waals surface area contributed by atoms with Crippen molar-refractivity contribution in [3.63, 3.8) is 0 Å². The minimum atomic E-state index is -0.310. The Balaban J connectivity index is 2.42. The lowest BCUT2D eigenvalue weighted by Crippen LogP contribution is -1.90. The number of aromatic nitrogens is 1. The van der Waals surface area contributed by atoms with Gasteiger partial charge in [-0.2, -0.15) is 4.39 Å². The zero-order valence-electron chi connectivity index (χ0n) is 5.85. The van der Waals surface area contributed by atoms with Crippen LogP contribution in [0.2, 0.25) is 0 Å². The summed E-state index contributed by atoms with van der Waals surface area (Å²) in [6, 6.07) is 1.82. The molecule has 0 unspecified atom stereocenters. The molecule has 0 N–H and O–H groups in total. The highest BCUT2D eigenvalue weighted by Gasteiger charge is 2.27. The smallest absolute Gasteiger partial charge is 0.216 e. The van der Waals surface area contributed by atoms with Gasteiger partial charge in [0, 0.05) is 16.2 Å². The van der Waals surface area contributed by atoms with Gasteiger partial charge in [-0.1, -0.05) is 0 Å². The second kappa shape index (κ2) is 2.55. The third-order valence-electron chi connectivity index (χ3n) is 1.85. The molecule has 1 saturated carbocycles. The number of nitrogens with zero attached hydrogens (tertiary/aromatic N) is 1. The number of halogens is 2. The van der Waals surface area contributed by atoms with E-state index < -0.39 is 0 Å². The normalized spacial score (nSPS) is 16.9. The first-order chi connectivity index (χ1) is 5.27. The molecule has 11 heavy (non-hydrogen) atoms. The van der Waals surface area contributed by atoms with Crippen molar-refractivity contribution < 1.29 is 4.39 Å². The van der Waals surface area contributed by atoms with Crippen LogP contribution in [0.15, 0.2) is 16.7 Å². The first kappa shape index (κ1) is 7.22. The van der Waals surface area contributed by atoms with Gasteiger partial charge in [0.1, 0.15) is 0 Å². The Bertz CT molecular complexity index is 283. The molecule has 3 heteroatoms. The monoisotopic (exact) mass is 215 g/mol. The molecular weight excluding hydrogens is 209 g/mol. The van der Waals surface area contributed by atoms with E-state index >= 15 is 0 Å². The van der Waals surface area contributed by atoms with E-state index in [0.29, 0.717) is 5.92 Å². The SMILES string of the molecule is Fc1ncc(Br)cc1C1CC1. The van der Waals surface area contributed by atoms with Gasteiger partial charge in [-0.3, -0.25) is 0 Å². The van der Waals surface area contributed by atoms with Crippen molar-refractivity contribution in [1.29, 1.82) is 0 Å². The first-order valence-electron chi connectivity index (χ1n) is 3.58. The van der Waals surface area contributed by atoms with Gasteiger partial charge >= 0.3 is 0 Å². The minimum Gasteiger partial charge on any atom is -0.227 e.